The lowest BCUT2D eigenvalue weighted by atomic mass is 9.39. The highest BCUT2D eigenvalue weighted by molar-refractivity contribution is 6.11. The molecule has 4 fully saturated rings. The summed E-state index contributed by atoms with van der Waals surface area (Å²) in [5, 5.41) is 3.48. The van der Waals surface area contributed by atoms with Crippen LogP contribution < -0.4 is 5.32 Å². The summed E-state index contributed by atoms with van der Waals surface area (Å²) < 4.78 is 0. The Morgan fingerprint density at radius 3 is 2.60 bits per heavy atom. The molecule has 1 unspecified atom stereocenters. The SMILES string of the molecule is Cl.O=C1C=C2N=C3C(=C2C2(CCNCC2)C1)CC=CC3C12CC(C1)C2. The van der Waals surface area contributed by atoms with E-state index in [9.17, 15) is 4.79 Å². The van der Waals surface area contributed by atoms with Crippen LogP contribution in [0.15, 0.2) is 40.1 Å². The van der Waals surface area contributed by atoms with Gasteiger partial charge in [-0.3, -0.25) is 9.79 Å². The van der Waals surface area contributed by atoms with Crippen molar-refractivity contribution < 1.29 is 4.79 Å². The van der Waals surface area contributed by atoms with E-state index in [1.165, 1.54) is 36.1 Å². The number of hydrogen-bond donors (Lipinski definition) is 1. The molecule has 25 heavy (non-hydrogen) atoms. The molecule has 132 valence electrons. The van der Waals surface area contributed by atoms with Crippen molar-refractivity contribution in [2.45, 2.75) is 44.9 Å². The summed E-state index contributed by atoms with van der Waals surface area (Å²) >= 11 is 0. The van der Waals surface area contributed by atoms with Crippen LogP contribution in [0.5, 0.6) is 0 Å². The fraction of sp³-hybridized carbons (Fsp3) is 0.619. The van der Waals surface area contributed by atoms with Crippen LogP contribution in [0.3, 0.4) is 0 Å². The van der Waals surface area contributed by atoms with Gasteiger partial charge in [-0.25, -0.2) is 0 Å². The van der Waals surface area contributed by atoms with Crippen LogP contribution in [-0.2, 0) is 4.79 Å². The lowest BCUT2D eigenvalue weighted by molar-refractivity contribution is -0.121. The molecule has 1 atom stereocenters. The fourth-order valence-electron chi connectivity index (χ4n) is 6.49. The molecule has 4 heteroatoms. The largest absolute Gasteiger partial charge is 0.317 e. The van der Waals surface area contributed by atoms with Crippen molar-refractivity contribution in [1.29, 1.82) is 0 Å². The minimum absolute atomic E-state index is 0. The third-order valence-corrected chi connectivity index (χ3v) is 7.70. The molecule has 1 saturated heterocycles. The van der Waals surface area contributed by atoms with Crippen molar-refractivity contribution in [1.82, 2.24) is 5.32 Å². The van der Waals surface area contributed by atoms with E-state index in [2.05, 4.69) is 17.5 Å². The van der Waals surface area contributed by atoms with Crippen molar-refractivity contribution in [3.05, 3.63) is 35.1 Å². The zero-order valence-electron chi connectivity index (χ0n) is 14.5. The van der Waals surface area contributed by atoms with Gasteiger partial charge in [0.05, 0.1) is 11.4 Å². The highest BCUT2D eigenvalue weighted by Crippen LogP contribution is 2.70. The quantitative estimate of drug-likeness (QED) is 0.727. The van der Waals surface area contributed by atoms with Gasteiger partial charge in [0.25, 0.3) is 0 Å². The van der Waals surface area contributed by atoms with Crippen molar-refractivity contribution in [2.24, 2.45) is 27.7 Å². The zero-order chi connectivity index (χ0) is 15.9. The van der Waals surface area contributed by atoms with E-state index in [0.717, 1.165) is 44.0 Å². The Kier molecular flexibility index (Phi) is 3.31. The summed E-state index contributed by atoms with van der Waals surface area (Å²) in [6.45, 7) is 2.05. The Balaban J connectivity index is 0.00000140. The second-order valence-electron chi connectivity index (χ2n) is 9.00. The van der Waals surface area contributed by atoms with Crippen molar-refractivity contribution in [3.63, 3.8) is 0 Å². The van der Waals surface area contributed by atoms with Crippen LogP contribution in [0.2, 0.25) is 0 Å². The molecule has 5 aliphatic carbocycles. The second-order valence-corrected chi connectivity index (χ2v) is 9.00. The summed E-state index contributed by atoms with van der Waals surface area (Å²) in [4.78, 5) is 17.5. The number of allylic oxidation sites excluding steroid dienone is 5. The number of ketones is 1. The zero-order valence-corrected chi connectivity index (χ0v) is 15.3. The molecule has 3 nitrogen and oxygen atoms in total. The predicted octanol–water partition coefficient (Wildman–Crippen LogP) is 3.76. The molecule has 0 radical (unpaired) electrons. The topological polar surface area (TPSA) is 41.5 Å². The molecule has 7 rings (SSSR count). The molecule has 7 aliphatic rings. The maximum absolute atomic E-state index is 12.4. The Bertz CT molecular complexity index is 765. The molecule has 2 heterocycles. The average molecular weight is 357 g/mol. The maximum Gasteiger partial charge on any atom is 0.158 e. The van der Waals surface area contributed by atoms with E-state index in [0.29, 0.717) is 17.8 Å². The predicted molar refractivity (Wildman–Crippen MR) is 101 cm³/mol. The van der Waals surface area contributed by atoms with Gasteiger partial charge in [0.2, 0.25) is 0 Å². The smallest absolute Gasteiger partial charge is 0.158 e. The number of fused-ring (bicyclic) bond motifs is 3. The van der Waals surface area contributed by atoms with E-state index in [1.54, 1.807) is 0 Å². The van der Waals surface area contributed by atoms with E-state index in [1.807, 2.05) is 6.08 Å². The third-order valence-electron chi connectivity index (χ3n) is 7.70. The Labute approximate surface area is 155 Å². The molecule has 1 N–H and O–H groups in total. The third kappa shape index (κ3) is 1.97. The van der Waals surface area contributed by atoms with Gasteiger partial charge in [-0.15, -0.1) is 12.4 Å². The van der Waals surface area contributed by atoms with Crippen LogP contribution in [0, 0.1) is 22.7 Å². The van der Waals surface area contributed by atoms with E-state index >= 15 is 0 Å². The number of carbonyl (C=O) groups excluding carboxylic acids is 1. The van der Waals surface area contributed by atoms with Crippen molar-refractivity contribution >= 4 is 23.9 Å². The van der Waals surface area contributed by atoms with Gasteiger partial charge >= 0.3 is 0 Å². The second kappa shape index (κ2) is 5.17. The summed E-state index contributed by atoms with van der Waals surface area (Å²) in [5.41, 5.74) is 5.89. The van der Waals surface area contributed by atoms with E-state index < -0.39 is 0 Å². The van der Waals surface area contributed by atoms with Gasteiger partial charge in [0, 0.05) is 23.8 Å². The summed E-state index contributed by atoms with van der Waals surface area (Å²) in [5.74, 6) is 1.80. The van der Waals surface area contributed by atoms with Gasteiger partial charge in [0.15, 0.2) is 5.78 Å². The summed E-state index contributed by atoms with van der Waals surface area (Å²) in [6.07, 6.45) is 14.8. The van der Waals surface area contributed by atoms with Gasteiger partial charge in [-0.1, -0.05) is 12.2 Å². The Hall–Kier alpha value is -1.19. The Morgan fingerprint density at radius 1 is 1.16 bits per heavy atom. The molecular formula is C21H25ClN2O. The van der Waals surface area contributed by atoms with Gasteiger partial charge in [-0.2, -0.15) is 0 Å². The molecular weight excluding hydrogens is 332 g/mol. The molecule has 2 bridgehead atoms. The van der Waals surface area contributed by atoms with Crippen LogP contribution in [-0.4, -0.2) is 24.6 Å². The normalized spacial score (nSPS) is 39.6. The molecule has 0 amide bonds. The first kappa shape index (κ1) is 16.0. The number of aliphatic imine (C=N–C) groups is 1. The lowest BCUT2D eigenvalue weighted by Gasteiger charge is -2.65. The van der Waals surface area contributed by atoms with Crippen LogP contribution in [0.4, 0.5) is 0 Å². The van der Waals surface area contributed by atoms with Crippen LogP contribution in [0.1, 0.15) is 44.9 Å². The monoisotopic (exact) mass is 356 g/mol. The number of piperidine rings is 1. The summed E-state index contributed by atoms with van der Waals surface area (Å²) in [7, 11) is 0. The number of hydrogen-bond acceptors (Lipinski definition) is 3. The molecule has 0 aromatic heterocycles. The van der Waals surface area contributed by atoms with Gasteiger partial charge < -0.3 is 5.32 Å². The standard InChI is InChI=1S/C21H24N2O.ClH/c24-14-8-17-18(20(12-14)4-6-22-7-5-20)15-2-1-3-16(19(15)23-17)21-9-13(10-21)11-21;/h1,3,8,13,16,22H,2,4-7,9-12H2;1H. The number of rotatable bonds is 1. The first-order chi connectivity index (χ1) is 11.7. The van der Waals surface area contributed by atoms with Gasteiger partial charge in [-0.05, 0) is 74.1 Å². The maximum atomic E-state index is 12.4. The Morgan fingerprint density at radius 2 is 1.92 bits per heavy atom. The highest BCUT2D eigenvalue weighted by Gasteiger charge is 2.62. The van der Waals surface area contributed by atoms with E-state index in [-0.39, 0.29) is 23.6 Å². The lowest BCUT2D eigenvalue weighted by Crippen LogP contribution is -2.58. The number of carbonyl (C=O) groups is 1. The number of nitrogens with one attached hydrogen (secondary N) is 1. The number of nitrogens with zero attached hydrogens (tertiary/aromatic N) is 1. The van der Waals surface area contributed by atoms with Crippen molar-refractivity contribution in [2.75, 3.05) is 13.1 Å². The number of halogens is 1. The van der Waals surface area contributed by atoms with Gasteiger partial charge in [0.1, 0.15) is 0 Å². The van der Waals surface area contributed by atoms with Crippen LogP contribution >= 0.6 is 12.4 Å². The molecule has 1 spiro atoms. The minimum atomic E-state index is 0. The highest BCUT2D eigenvalue weighted by atomic mass is 35.5. The molecule has 0 aromatic carbocycles. The first-order valence-corrected chi connectivity index (χ1v) is 9.64. The minimum Gasteiger partial charge on any atom is -0.317 e. The fourth-order valence-corrected chi connectivity index (χ4v) is 6.49. The average Bonchev–Trinajstić information content (AvgIpc) is 2.84. The molecule has 3 saturated carbocycles. The molecule has 2 aliphatic heterocycles. The summed E-state index contributed by atoms with van der Waals surface area (Å²) in [6, 6.07) is 0. The van der Waals surface area contributed by atoms with Crippen molar-refractivity contribution in [3.8, 4) is 0 Å². The van der Waals surface area contributed by atoms with E-state index in [4.69, 9.17) is 4.99 Å². The van der Waals surface area contributed by atoms with Crippen LogP contribution in [0.25, 0.3) is 0 Å². The first-order valence-electron chi connectivity index (χ1n) is 9.64. The molecule has 0 aromatic rings.